The number of aromatic amines is 1. The fourth-order valence-electron chi connectivity index (χ4n) is 2.96. The minimum absolute atomic E-state index is 0.0183. The Labute approximate surface area is 122 Å². The Balaban J connectivity index is 1.82. The number of nitrogens with one attached hydrogen (secondary N) is 1. The topological polar surface area (TPSA) is 49.0 Å². The van der Waals surface area contributed by atoms with E-state index in [1.54, 1.807) is 6.20 Å². The van der Waals surface area contributed by atoms with Crippen LogP contribution in [0.2, 0.25) is 0 Å². The largest absolute Gasteiger partial charge is 0.337 e. The molecule has 3 heterocycles. The molecule has 106 valence electrons. The predicted molar refractivity (Wildman–Crippen MR) is 80.1 cm³/mol. The van der Waals surface area contributed by atoms with Crippen molar-refractivity contribution in [3.63, 3.8) is 0 Å². The number of nitrogens with zero attached hydrogens (tertiary/aromatic N) is 2. The molecule has 2 aromatic rings. The Kier molecular flexibility index (Phi) is 3.38. The molecule has 2 aromatic heterocycles. The lowest BCUT2D eigenvalue weighted by atomic mass is 9.79. The van der Waals surface area contributed by atoms with E-state index in [2.05, 4.69) is 17.1 Å². The standard InChI is InChI=1S/C15H19N3OS/c1-11-5-9-20-13(11)14(19)18-8-3-6-15(2,10-18)12-4-7-16-17-12/h4-5,7,9H,3,6,8,10H2,1-2H3,(H,16,17)/t15-/m1/s1. The number of hydrogen-bond acceptors (Lipinski definition) is 3. The molecule has 0 saturated carbocycles. The fourth-order valence-corrected chi connectivity index (χ4v) is 3.85. The van der Waals surface area contributed by atoms with Gasteiger partial charge in [-0.3, -0.25) is 9.89 Å². The summed E-state index contributed by atoms with van der Waals surface area (Å²) in [4.78, 5) is 15.5. The summed E-state index contributed by atoms with van der Waals surface area (Å²) in [5.74, 6) is 0.169. The normalized spacial score (nSPS) is 23.0. The number of carbonyl (C=O) groups is 1. The molecule has 0 spiro atoms. The molecule has 0 unspecified atom stereocenters. The van der Waals surface area contributed by atoms with Crippen molar-refractivity contribution in [3.8, 4) is 0 Å². The average Bonchev–Trinajstić information content (AvgIpc) is 3.09. The predicted octanol–water partition coefficient (Wildman–Crippen LogP) is 2.97. The van der Waals surface area contributed by atoms with Gasteiger partial charge in [0.2, 0.25) is 0 Å². The number of H-pyrrole nitrogens is 1. The molecule has 20 heavy (non-hydrogen) atoms. The second kappa shape index (κ2) is 5.05. The first kappa shape index (κ1) is 13.4. The van der Waals surface area contributed by atoms with E-state index in [0.717, 1.165) is 42.1 Å². The average molecular weight is 289 g/mol. The van der Waals surface area contributed by atoms with Crippen molar-refractivity contribution < 1.29 is 4.79 Å². The highest BCUT2D eigenvalue weighted by Crippen LogP contribution is 2.33. The van der Waals surface area contributed by atoms with Gasteiger partial charge in [0.05, 0.1) is 4.88 Å². The number of carbonyl (C=O) groups excluding carboxylic acids is 1. The molecule has 1 amide bonds. The zero-order chi connectivity index (χ0) is 14.2. The van der Waals surface area contributed by atoms with E-state index >= 15 is 0 Å². The summed E-state index contributed by atoms with van der Waals surface area (Å²) in [7, 11) is 0. The van der Waals surface area contributed by atoms with Gasteiger partial charge in [-0.2, -0.15) is 5.10 Å². The van der Waals surface area contributed by atoms with E-state index in [1.165, 1.54) is 11.3 Å². The number of hydrogen-bond donors (Lipinski definition) is 1. The van der Waals surface area contributed by atoms with Gasteiger partial charge in [-0.15, -0.1) is 11.3 Å². The molecule has 0 aliphatic carbocycles. The maximum absolute atomic E-state index is 12.6. The molecule has 1 N–H and O–H groups in total. The number of likely N-dealkylation sites (tertiary alicyclic amines) is 1. The maximum atomic E-state index is 12.6. The number of rotatable bonds is 2. The third-order valence-corrected chi connectivity index (χ3v) is 5.20. The number of aryl methyl sites for hydroxylation is 1. The lowest BCUT2D eigenvalue weighted by molar-refractivity contribution is 0.0652. The smallest absolute Gasteiger partial charge is 0.264 e. The van der Waals surface area contributed by atoms with Gasteiger partial charge in [-0.25, -0.2) is 0 Å². The monoisotopic (exact) mass is 289 g/mol. The van der Waals surface area contributed by atoms with Crippen LogP contribution in [0.3, 0.4) is 0 Å². The summed E-state index contributed by atoms with van der Waals surface area (Å²) in [5, 5.41) is 9.10. The molecule has 1 atom stereocenters. The van der Waals surface area contributed by atoms with Gasteiger partial charge >= 0.3 is 0 Å². The van der Waals surface area contributed by atoms with E-state index < -0.39 is 0 Å². The summed E-state index contributed by atoms with van der Waals surface area (Å²) in [6, 6.07) is 4.03. The summed E-state index contributed by atoms with van der Waals surface area (Å²) < 4.78 is 0. The highest BCUT2D eigenvalue weighted by molar-refractivity contribution is 7.12. The van der Waals surface area contributed by atoms with Gasteiger partial charge in [0.15, 0.2) is 0 Å². The minimum Gasteiger partial charge on any atom is -0.337 e. The van der Waals surface area contributed by atoms with E-state index in [1.807, 2.05) is 29.3 Å². The summed E-state index contributed by atoms with van der Waals surface area (Å²) in [5.41, 5.74) is 2.18. The highest BCUT2D eigenvalue weighted by Gasteiger charge is 2.36. The van der Waals surface area contributed by atoms with Crippen molar-refractivity contribution in [1.82, 2.24) is 15.1 Å². The van der Waals surface area contributed by atoms with Gasteiger partial charge in [0.25, 0.3) is 5.91 Å². The molecule has 1 saturated heterocycles. The van der Waals surface area contributed by atoms with E-state index in [0.29, 0.717) is 0 Å². The molecule has 4 nitrogen and oxygen atoms in total. The van der Waals surface area contributed by atoms with Crippen LogP contribution in [0.4, 0.5) is 0 Å². The maximum Gasteiger partial charge on any atom is 0.264 e. The fraction of sp³-hybridized carbons (Fsp3) is 0.467. The van der Waals surface area contributed by atoms with Crippen LogP contribution in [0.5, 0.6) is 0 Å². The van der Waals surface area contributed by atoms with E-state index in [4.69, 9.17) is 0 Å². The van der Waals surface area contributed by atoms with E-state index in [9.17, 15) is 4.79 Å². The van der Waals surface area contributed by atoms with Crippen molar-refractivity contribution in [2.45, 2.75) is 32.1 Å². The SMILES string of the molecule is Cc1ccsc1C(=O)N1CCC[C@@](C)(c2ccn[nH]2)C1. The first-order valence-corrected chi connectivity index (χ1v) is 7.81. The second-order valence-electron chi connectivity index (χ2n) is 5.79. The molecule has 1 fully saturated rings. The van der Waals surface area contributed by atoms with Crippen molar-refractivity contribution in [1.29, 1.82) is 0 Å². The zero-order valence-electron chi connectivity index (χ0n) is 11.8. The number of thiophene rings is 1. The Bertz CT molecular complexity index is 604. The minimum atomic E-state index is -0.0183. The molecule has 5 heteroatoms. The van der Waals surface area contributed by atoms with Gasteiger partial charge in [-0.1, -0.05) is 6.92 Å². The van der Waals surface area contributed by atoms with E-state index in [-0.39, 0.29) is 11.3 Å². The summed E-state index contributed by atoms with van der Waals surface area (Å²) >= 11 is 1.54. The summed E-state index contributed by atoms with van der Waals surface area (Å²) in [6.45, 7) is 5.81. The van der Waals surface area contributed by atoms with Crippen LogP contribution >= 0.6 is 11.3 Å². The lowest BCUT2D eigenvalue weighted by Gasteiger charge is -2.39. The van der Waals surface area contributed by atoms with Crippen LogP contribution in [-0.4, -0.2) is 34.1 Å². The Hall–Kier alpha value is -1.62. The van der Waals surface area contributed by atoms with Crippen molar-refractivity contribution in [2.75, 3.05) is 13.1 Å². The molecule has 0 aromatic carbocycles. The van der Waals surface area contributed by atoms with Crippen molar-refractivity contribution in [2.24, 2.45) is 0 Å². The molecule has 0 radical (unpaired) electrons. The first-order chi connectivity index (χ1) is 9.60. The van der Waals surface area contributed by atoms with Crippen LogP contribution in [0, 0.1) is 6.92 Å². The quantitative estimate of drug-likeness (QED) is 0.924. The van der Waals surface area contributed by atoms with Crippen molar-refractivity contribution in [3.05, 3.63) is 39.8 Å². The zero-order valence-corrected chi connectivity index (χ0v) is 12.7. The summed E-state index contributed by atoms with van der Waals surface area (Å²) in [6.07, 6.45) is 3.90. The Morgan fingerprint density at radius 3 is 3.00 bits per heavy atom. The number of piperidine rings is 1. The van der Waals surface area contributed by atoms with Crippen LogP contribution in [0.25, 0.3) is 0 Å². The Morgan fingerprint density at radius 2 is 2.35 bits per heavy atom. The number of aromatic nitrogens is 2. The molecular formula is C15H19N3OS. The number of amides is 1. The van der Waals surface area contributed by atoms with Gasteiger partial charge in [0.1, 0.15) is 0 Å². The van der Waals surface area contributed by atoms with Crippen molar-refractivity contribution >= 4 is 17.2 Å². The first-order valence-electron chi connectivity index (χ1n) is 6.93. The molecule has 1 aliphatic rings. The molecule has 1 aliphatic heterocycles. The van der Waals surface area contributed by atoms with Crippen LogP contribution in [-0.2, 0) is 5.41 Å². The molecule has 0 bridgehead atoms. The molecular weight excluding hydrogens is 270 g/mol. The van der Waals surface area contributed by atoms with Crippen LogP contribution in [0.15, 0.2) is 23.7 Å². The molecule has 3 rings (SSSR count). The highest BCUT2D eigenvalue weighted by atomic mass is 32.1. The van der Waals surface area contributed by atoms with Crippen LogP contribution in [0.1, 0.15) is 40.7 Å². The second-order valence-corrected chi connectivity index (χ2v) is 6.71. The Morgan fingerprint density at radius 1 is 1.50 bits per heavy atom. The van der Waals surface area contributed by atoms with Gasteiger partial charge in [-0.05, 0) is 42.8 Å². The van der Waals surface area contributed by atoms with Gasteiger partial charge < -0.3 is 4.90 Å². The third-order valence-electron chi connectivity index (χ3n) is 4.19. The third kappa shape index (κ3) is 2.26. The van der Waals surface area contributed by atoms with Gasteiger partial charge in [0, 0.05) is 30.4 Å². The lowest BCUT2D eigenvalue weighted by Crippen LogP contribution is -2.47. The van der Waals surface area contributed by atoms with Crippen LogP contribution < -0.4 is 0 Å².